The Morgan fingerprint density at radius 1 is 1.12 bits per heavy atom. The van der Waals surface area contributed by atoms with Gasteiger partial charge in [0.1, 0.15) is 0 Å². The Hall–Kier alpha value is -1.58. The highest BCUT2D eigenvalue weighted by Gasteiger charge is 2.51. The van der Waals surface area contributed by atoms with E-state index in [0.29, 0.717) is 17.9 Å². The summed E-state index contributed by atoms with van der Waals surface area (Å²) in [5, 5.41) is 0. The summed E-state index contributed by atoms with van der Waals surface area (Å²) in [6.45, 7) is 1.43. The first-order valence-corrected chi connectivity index (χ1v) is 9.57. The van der Waals surface area contributed by atoms with E-state index in [1.807, 2.05) is 4.90 Å². The van der Waals surface area contributed by atoms with Crippen molar-refractivity contribution in [3.63, 3.8) is 0 Å². The van der Waals surface area contributed by atoms with E-state index in [1.165, 1.54) is 38.5 Å². The van der Waals surface area contributed by atoms with Crippen molar-refractivity contribution in [1.29, 1.82) is 0 Å². The van der Waals surface area contributed by atoms with E-state index in [0.717, 1.165) is 48.3 Å². The molecule has 1 amide bonds. The van der Waals surface area contributed by atoms with Gasteiger partial charge in [0.05, 0.1) is 0 Å². The largest absolute Gasteiger partial charge is 0.338 e. The van der Waals surface area contributed by atoms with Crippen molar-refractivity contribution in [1.82, 2.24) is 9.88 Å². The van der Waals surface area contributed by atoms with Crippen LogP contribution in [0, 0.1) is 23.2 Å². The van der Waals surface area contributed by atoms with Crippen LogP contribution in [0.3, 0.4) is 0 Å². The first kappa shape index (κ1) is 14.7. The molecule has 0 saturated heterocycles. The van der Waals surface area contributed by atoms with Gasteiger partial charge in [-0.05, 0) is 79.2 Å². The normalized spacial score (nSPS) is 36.7. The predicted octanol–water partition coefficient (Wildman–Crippen LogP) is 2.87. The quantitative estimate of drug-likeness (QED) is 0.908. The number of aromatic amines is 1. The summed E-state index contributed by atoms with van der Waals surface area (Å²) in [4.78, 5) is 29.2. The number of nitrogens with zero attached hydrogens (tertiary/aromatic N) is 1. The molecule has 1 N–H and O–H groups in total. The van der Waals surface area contributed by atoms with Crippen LogP contribution in [-0.4, -0.2) is 22.3 Å². The van der Waals surface area contributed by atoms with Crippen molar-refractivity contribution in [2.45, 2.75) is 57.9 Å². The van der Waals surface area contributed by atoms with Gasteiger partial charge in [0.15, 0.2) is 0 Å². The van der Waals surface area contributed by atoms with Gasteiger partial charge in [0.25, 0.3) is 0 Å². The highest BCUT2D eigenvalue weighted by Crippen LogP contribution is 2.61. The summed E-state index contributed by atoms with van der Waals surface area (Å²) < 4.78 is 0. The van der Waals surface area contributed by atoms with Crippen molar-refractivity contribution < 1.29 is 4.79 Å². The molecule has 1 aromatic rings. The molecule has 4 nitrogen and oxygen atoms in total. The number of nitrogens with one attached hydrogen (secondary N) is 1. The monoisotopic (exact) mass is 326 g/mol. The second kappa shape index (κ2) is 5.21. The molecule has 0 spiro atoms. The third-order valence-electron chi connectivity index (χ3n) is 7.16. The summed E-state index contributed by atoms with van der Waals surface area (Å²) in [5.41, 5.74) is 2.50. The lowest BCUT2D eigenvalue weighted by Crippen LogP contribution is -2.49. The van der Waals surface area contributed by atoms with Crippen molar-refractivity contribution >= 4 is 5.91 Å². The van der Waals surface area contributed by atoms with E-state index in [1.54, 1.807) is 12.3 Å². The van der Waals surface area contributed by atoms with Crippen molar-refractivity contribution in [3.8, 4) is 0 Å². The molecule has 6 rings (SSSR count). The van der Waals surface area contributed by atoms with Gasteiger partial charge in [-0.2, -0.15) is 0 Å². The molecule has 4 aliphatic carbocycles. The van der Waals surface area contributed by atoms with Crippen molar-refractivity contribution in [3.05, 3.63) is 33.7 Å². The molecule has 2 heterocycles. The number of carbonyl (C=O) groups excluding carboxylic acids is 1. The fraction of sp³-hybridized carbons (Fsp3) is 0.700. The zero-order valence-electron chi connectivity index (χ0n) is 14.2. The zero-order valence-corrected chi connectivity index (χ0v) is 14.2. The number of hydrogen-bond donors (Lipinski definition) is 1. The molecule has 0 atom stereocenters. The second-order valence-electron chi connectivity index (χ2n) is 9.01. The number of H-pyrrole nitrogens is 1. The van der Waals surface area contributed by atoms with Gasteiger partial charge in [-0.3, -0.25) is 9.59 Å². The Morgan fingerprint density at radius 3 is 2.46 bits per heavy atom. The molecule has 5 aliphatic rings. The fourth-order valence-electron chi connectivity index (χ4n) is 6.62. The summed E-state index contributed by atoms with van der Waals surface area (Å²) >= 11 is 0. The number of carbonyl (C=O) groups is 1. The predicted molar refractivity (Wildman–Crippen MR) is 91.4 cm³/mol. The van der Waals surface area contributed by atoms with Crippen molar-refractivity contribution in [2.24, 2.45) is 23.2 Å². The Balaban J connectivity index is 1.31. The molecular weight excluding hydrogens is 300 g/mol. The first-order valence-electron chi connectivity index (χ1n) is 9.57. The average molecular weight is 326 g/mol. The van der Waals surface area contributed by atoms with Gasteiger partial charge in [0, 0.05) is 31.8 Å². The van der Waals surface area contributed by atoms with Crippen LogP contribution in [0.25, 0.3) is 0 Å². The summed E-state index contributed by atoms with van der Waals surface area (Å²) in [6, 6.07) is 1.69. The Bertz CT molecular complexity index is 700. The molecule has 4 bridgehead atoms. The lowest BCUT2D eigenvalue weighted by molar-refractivity contribution is -0.140. The topological polar surface area (TPSA) is 53.2 Å². The second-order valence-corrected chi connectivity index (χ2v) is 9.01. The first-order chi connectivity index (χ1) is 11.6. The molecule has 4 fully saturated rings. The fourth-order valence-corrected chi connectivity index (χ4v) is 6.62. The van der Waals surface area contributed by atoms with Crippen LogP contribution in [0.4, 0.5) is 0 Å². The van der Waals surface area contributed by atoms with Gasteiger partial charge in [0.2, 0.25) is 11.5 Å². The average Bonchev–Trinajstić information content (AvgIpc) is 2.52. The van der Waals surface area contributed by atoms with Crippen LogP contribution in [0.1, 0.15) is 56.1 Å². The highest BCUT2D eigenvalue weighted by atomic mass is 16.2. The van der Waals surface area contributed by atoms with E-state index >= 15 is 0 Å². The van der Waals surface area contributed by atoms with Crippen LogP contribution in [0.2, 0.25) is 0 Å². The SMILES string of the molecule is O=C(CC12CC3CC(CC(C3)C1)C2)N1CCc2cc(=O)[nH]cc2C1. The minimum Gasteiger partial charge on any atom is -0.338 e. The third-order valence-corrected chi connectivity index (χ3v) is 7.16. The number of aromatic nitrogens is 1. The maximum absolute atomic E-state index is 13.0. The van der Waals surface area contributed by atoms with Gasteiger partial charge < -0.3 is 9.88 Å². The molecule has 128 valence electrons. The molecule has 1 aliphatic heterocycles. The maximum atomic E-state index is 13.0. The number of fused-ring (bicyclic) bond motifs is 1. The van der Waals surface area contributed by atoms with E-state index in [-0.39, 0.29) is 5.56 Å². The Morgan fingerprint density at radius 2 is 1.79 bits per heavy atom. The molecule has 0 radical (unpaired) electrons. The lowest BCUT2D eigenvalue weighted by atomic mass is 9.49. The number of rotatable bonds is 2. The number of pyridine rings is 1. The smallest absolute Gasteiger partial charge is 0.248 e. The van der Waals surface area contributed by atoms with Gasteiger partial charge >= 0.3 is 0 Å². The maximum Gasteiger partial charge on any atom is 0.248 e. The molecule has 0 aromatic carbocycles. The third kappa shape index (κ3) is 2.42. The zero-order chi connectivity index (χ0) is 16.3. The molecule has 24 heavy (non-hydrogen) atoms. The van der Waals surface area contributed by atoms with E-state index in [2.05, 4.69) is 4.98 Å². The van der Waals surface area contributed by atoms with Crippen LogP contribution in [-0.2, 0) is 17.8 Å². The lowest BCUT2D eigenvalue weighted by Gasteiger charge is -2.57. The molecule has 4 heteroatoms. The van der Waals surface area contributed by atoms with E-state index < -0.39 is 0 Å². The van der Waals surface area contributed by atoms with Crippen molar-refractivity contribution in [2.75, 3.05) is 6.54 Å². The minimum absolute atomic E-state index is 0.0397. The van der Waals surface area contributed by atoms with E-state index in [4.69, 9.17) is 0 Å². The molecule has 1 aromatic heterocycles. The minimum atomic E-state index is -0.0397. The van der Waals surface area contributed by atoms with Crippen LogP contribution in [0.5, 0.6) is 0 Å². The van der Waals surface area contributed by atoms with E-state index in [9.17, 15) is 9.59 Å². The number of hydrogen-bond acceptors (Lipinski definition) is 2. The Kier molecular flexibility index (Phi) is 3.20. The van der Waals surface area contributed by atoms with Crippen LogP contribution >= 0.6 is 0 Å². The molecular formula is C20H26N2O2. The molecule has 4 saturated carbocycles. The summed E-state index contributed by atoms with van der Waals surface area (Å²) in [6.07, 6.45) is 11.5. The standard InChI is InChI=1S/C20H26N2O2/c23-18-6-16-1-2-22(12-17(16)11-21-18)19(24)10-20-7-13-3-14(8-20)5-15(4-13)9-20/h6,11,13-15H,1-5,7-10,12H2,(H,21,23). The molecule has 0 unspecified atom stereocenters. The van der Waals surface area contributed by atoms with Crippen LogP contribution < -0.4 is 5.56 Å². The Labute approximate surface area is 142 Å². The van der Waals surface area contributed by atoms with Gasteiger partial charge in [-0.1, -0.05) is 0 Å². The summed E-state index contributed by atoms with van der Waals surface area (Å²) in [7, 11) is 0. The number of amides is 1. The van der Waals surface area contributed by atoms with Crippen LogP contribution in [0.15, 0.2) is 17.1 Å². The van der Waals surface area contributed by atoms with Gasteiger partial charge in [-0.15, -0.1) is 0 Å². The summed E-state index contributed by atoms with van der Waals surface area (Å²) in [5.74, 6) is 3.04. The van der Waals surface area contributed by atoms with Gasteiger partial charge in [-0.25, -0.2) is 0 Å². The highest BCUT2D eigenvalue weighted by molar-refractivity contribution is 5.77.